The summed E-state index contributed by atoms with van der Waals surface area (Å²) >= 11 is 2.14. The first-order valence-electron chi connectivity index (χ1n) is 5.81. The van der Waals surface area contributed by atoms with Gasteiger partial charge in [-0.2, -0.15) is 0 Å². The molecule has 0 bridgehead atoms. The minimum absolute atomic E-state index is 0.0847. The fraction of sp³-hybridized carbons (Fsp3) is 0.385. The van der Waals surface area contributed by atoms with E-state index in [0.717, 1.165) is 16.4 Å². The molecule has 1 amide bonds. The van der Waals surface area contributed by atoms with Crippen LogP contribution in [0.1, 0.15) is 30.1 Å². The summed E-state index contributed by atoms with van der Waals surface area (Å²) in [6.45, 7) is 1.56. The number of carbonyl (C=O) groups is 2. The fourth-order valence-corrected chi connectivity index (χ4v) is 2.44. The highest BCUT2D eigenvalue weighted by atomic mass is 127. The summed E-state index contributed by atoms with van der Waals surface area (Å²) in [6, 6.07) is 6.54. The number of aliphatic carboxylic acids is 1. The van der Waals surface area contributed by atoms with E-state index in [1.807, 2.05) is 12.1 Å². The number of benzene rings is 1. The van der Waals surface area contributed by atoms with Crippen molar-refractivity contribution < 1.29 is 14.7 Å². The Morgan fingerprint density at radius 3 is 2.61 bits per heavy atom. The van der Waals surface area contributed by atoms with E-state index in [4.69, 9.17) is 5.11 Å². The maximum Gasteiger partial charge on any atom is 0.326 e. The fourth-order valence-electron chi connectivity index (χ4n) is 1.90. The predicted molar refractivity (Wildman–Crippen MR) is 75.4 cm³/mol. The minimum atomic E-state index is -0.958. The Labute approximate surface area is 119 Å². The summed E-state index contributed by atoms with van der Waals surface area (Å²) in [6.07, 6.45) is 1.79. The van der Waals surface area contributed by atoms with Crippen LogP contribution in [0.4, 0.5) is 0 Å². The van der Waals surface area contributed by atoms with Crippen molar-refractivity contribution in [2.45, 2.75) is 31.8 Å². The topological polar surface area (TPSA) is 57.6 Å². The van der Waals surface area contributed by atoms with Gasteiger partial charge in [0.25, 0.3) is 5.91 Å². The Balaban J connectivity index is 2.26. The molecule has 1 aromatic rings. The lowest BCUT2D eigenvalue weighted by atomic mass is 10.1. The molecule has 1 aliphatic carbocycles. The van der Waals surface area contributed by atoms with Crippen molar-refractivity contribution in [3.05, 3.63) is 33.4 Å². The van der Waals surface area contributed by atoms with Gasteiger partial charge in [0.15, 0.2) is 0 Å². The summed E-state index contributed by atoms with van der Waals surface area (Å²) in [5.74, 6) is -1.15. The second-order valence-electron chi connectivity index (χ2n) is 4.47. The lowest BCUT2D eigenvalue weighted by Crippen LogP contribution is -2.44. The van der Waals surface area contributed by atoms with Crippen LogP contribution in [0, 0.1) is 3.57 Å². The molecule has 1 fully saturated rings. The van der Waals surface area contributed by atoms with Gasteiger partial charge in [-0.05, 0) is 60.6 Å². The van der Waals surface area contributed by atoms with Crippen LogP contribution in [0.2, 0.25) is 0 Å². The SMILES string of the molecule is CC(C(=O)O)N(C(=O)c1cccc(I)c1)C1CC1. The molecular weight excluding hydrogens is 345 g/mol. The highest BCUT2D eigenvalue weighted by Gasteiger charge is 2.38. The van der Waals surface area contributed by atoms with E-state index in [9.17, 15) is 9.59 Å². The normalized spacial score (nSPS) is 16.1. The highest BCUT2D eigenvalue weighted by molar-refractivity contribution is 14.1. The van der Waals surface area contributed by atoms with Crippen LogP contribution in [-0.4, -0.2) is 34.0 Å². The van der Waals surface area contributed by atoms with Crippen LogP contribution in [0.15, 0.2) is 24.3 Å². The van der Waals surface area contributed by atoms with Gasteiger partial charge >= 0.3 is 5.97 Å². The molecule has 0 aromatic heterocycles. The number of hydrogen-bond acceptors (Lipinski definition) is 2. The smallest absolute Gasteiger partial charge is 0.326 e. The van der Waals surface area contributed by atoms with Crippen molar-refractivity contribution in [3.8, 4) is 0 Å². The largest absolute Gasteiger partial charge is 0.480 e. The number of carboxylic acids is 1. The van der Waals surface area contributed by atoms with E-state index >= 15 is 0 Å². The van der Waals surface area contributed by atoms with E-state index in [-0.39, 0.29) is 11.9 Å². The second kappa shape index (κ2) is 5.26. The monoisotopic (exact) mass is 359 g/mol. The molecule has 0 heterocycles. The van der Waals surface area contributed by atoms with E-state index < -0.39 is 12.0 Å². The number of amides is 1. The number of rotatable bonds is 4. The van der Waals surface area contributed by atoms with Gasteiger partial charge in [0.2, 0.25) is 0 Å². The molecule has 0 radical (unpaired) electrons. The molecule has 1 aromatic carbocycles. The average Bonchev–Trinajstić information content (AvgIpc) is 3.13. The van der Waals surface area contributed by atoms with Gasteiger partial charge < -0.3 is 10.0 Å². The second-order valence-corrected chi connectivity index (χ2v) is 5.71. The molecule has 2 rings (SSSR count). The van der Waals surface area contributed by atoms with Crippen LogP contribution in [0.3, 0.4) is 0 Å². The zero-order valence-corrected chi connectivity index (χ0v) is 12.1. The number of nitrogens with zero attached hydrogens (tertiary/aromatic N) is 1. The Hall–Kier alpha value is -1.11. The van der Waals surface area contributed by atoms with Crippen LogP contribution >= 0.6 is 22.6 Å². The van der Waals surface area contributed by atoms with Crippen LogP contribution in [-0.2, 0) is 4.79 Å². The van der Waals surface area contributed by atoms with E-state index in [2.05, 4.69) is 22.6 Å². The summed E-state index contributed by atoms with van der Waals surface area (Å²) in [7, 11) is 0. The van der Waals surface area contributed by atoms with Gasteiger partial charge in [0.05, 0.1) is 0 Å². The molecule has 1 N–H and O–H groups in total. The maximum absolute atomic E-state index is 12.4. The lowest BCUT2D eigenvalue weighted by molar-refractivity contribution is -0.141. The maximum atomic E-state index is 12.4. The Kier molecular flexibility index (Phi) is 3.89. The van der Waals surface area contributed by atoms with Crippen molar-refractivity contribution in [1.82, 2.24) is 4.90 Å². The third-order valence-corrected chi connectivity index (χ3v) is 3.69. The third-order valence-electron chi connectivity index (χ3n) is 3.02. The molecule has 96 valence electrons. The van der Waals surface area contributed by atoms with Crippen molar-refractivity contribution in [3.63, 3.8) is 0 Å². The zero-order valence-electron chi connectivity index (χ0n) is 9.97. The molecule has 0 aliphatic heterocycles. The van der Waals surface area contributed by atoms with Gasteiger partial charge in [-0.3, -0.25) is 4.79 Å². The zero-order chi connectivity index (χ0) is 13.3. The van der Waals surface area contributed by atoms with E-state index in [0.29, 0.717) is 5.56 Å². The van der Waals surface area contributed by atoms with Crippen molar-refractivity contribution in [2.75, 3.05) is 0 Å². The Morgan fingerprint density at radius 1 is 1.44 bits per heavy atom. The van der Waals surface area contributed by atoms with Crippen molar-refractivity contribution in [1.29, 1.82) is 0 Å². The molecule has 4 nitrogen and oxygen atoms in total. The van der Waals surface area contributed by atoms with Crippen LogP contribution in [0.5, 0.6) is 0 Å². The summed E-state index contributed by atoms with van der Waals surface area (Å²) in [5.41, 5.74) is 0.557. The van der Waals surface area contributed by atoms with Crippen molar-refractivity contribution in [2.24, 2.45) is 0 Å². The van der Waals surface area contributed by atoms with Crippen LogP contribution < -0.4 is 0 Å². The molecule has 1 saturated carbocycles. The first-order chi connectivity index (χ1) is 8.50. The molecule has 1 atom stereocenters. The Morgan fingerprint density at radius 2 is 2.11 bits per heavy atom. The molecule has 18 heavy (non-hydrogen) atoms. The standard InChI is InChI=1S/C13H14INO3/c1-8(13(17)18)15(11-5-6-11)12(16)9-3-2-4-10(14)7-9/h2-4,7-8,11H,5-6H2,1H3,(H,17,18). The number of carboxylic acid groups (broad SMARTS) is 1. The van der Waals surface area contributed by atoms with E-state index in [1.54, 1.807) is 19.1 Å². The quantitative estimate of drug-likeness (QED) is 0.840. The molecule has 1 unspecified atom stereocenters. The predicted octanol–water partition coefficient (Wildman–Crippen LogP) is 2.37. The summed E-state index contributed by atoms with van der Waals surface area (Å²) in [5, 5.41) is 9.08. The van der Waals surface area contributed by atoms with Gasteiger partial charge in [-0.15, -0.1) is 0 Å². The highest BCUT2D eigenvalue weighted by Crippen LogP contribution is 2.30. The molecule has 1 aliphatic rings. The molecule has 5 heteroatoms. The van der Waals surface area contributed by atoms with Gasteiger partial charge in [0.1, 0.15) is 6.04 Å². The number of carbonyl (C=O) groups excluding carboxylic acids is 1. The van der Waals surface area contributed by atoms with Crippen molar-refractivity contribution >= 4 is 34.5 Å². The molecule has 0 spiro atoms. The molecular formula is C13H14INO3. The number of halogens is 1. The minimum Gasteiger partial charge on any atom is -0.480 e. The van der Waals surface area contributed by atoms with Gasteiger partial charge in [-0.1, -0.05) is 6.07 Å². The van der Waals surface area contributed by atoms with Crippen LogP contribution in [0.25, 0.3) is 0 Å². The first kappa shape index (κ1) is 13.3. The number of hydrogen-bond donors (Lipinski definition) is 1. The lowest BCUT2D eigenvalue weighted by Gasteiger charge is -2.26. The molecule has 0 saturated heterocycles. The van der Waals surface area contributed by atoms with Gasteiger partial charge in [0, 0.05) is 15.2 Å². The van der Waals surface area contributed by atoms with E-state index in [1.165, 1.54) is 4.90 Å². The third kappa shape index (κ3) is 2.82. The van der Waals surface area contributed by atoms with Gasteiger partial charge in [-0.25, -0.2) is 4.79 Å². The summed E-state index contributed by atoms with van der Waals surface area (Å²) < 4.78 is 0.970. The average molecular weight is 359 g/mol. The first-order valence-corrected chi connectivity index (χ1v) is 6.89. The Bertz CT molecular complexity index is 485. The summed E-state index contributed by atoms with van der Waals surface area (Å²) in [4.78, 5) is 25.0.